The zero-order valence-electron chi connectivity index (χ0n) is 20.7. The van der Waals surface area contributed by atoms with Crippen LogP contribution in [0.4, 0.5) is 0 Å². The summed E-state index contributed by atoms with van der Waals surface area (Å²) in [4.78, 5) is 18.5. The number of aromatic nitrogens is 3. The molecule has 0 amide bonds. The summed E-state index contributed by atoms with van der Waals surface area (Å²) in [6, 6.07) is 33.5. The van der Waals surface area contributed by atoms with Gasteiger partial charge in [-0.15, -0.1) is 0 Å². The second-order valence-corrected chi connectivity index (χ2v) is 10.2. The van der Waals surface area contributed by atoms with Gasteiger partial charge in [0, 0.05) is 39.1 Å². The Morgan fingerprint density at radius 3 is 2.51 bits per heavy atom. The van der Waals surface area contributed by atoms with Crippen molar-refractivity contribution in [3.05, 3.63) is 135 Å². The largest absolute Gasteiger partial charge is 0.453 e. The molecule has 4 aromatic carbocycles. The summed E-state index contributed by atoms with van der Waals surface area (Å²) in [5, 5.41) is 7.14. The molecule has 0 saturated carbocycles. The average molecular weight is 573 g/mol. The van der Waals surface area contributed by atoms with Crippen LogP contribution < -0.4 is 5.56 Å². The van der Waals surface area contributed by atoms with E-state index in [0.717, 1.165) is 32.9 Å². The van der Waals surface area contributed by atoms with E-state index in [2.05, 4.69) is 51.0 Å². The molecular weight excluding hydrogens is 552 g/mol. The molecule has 0 bridgehead atoms. The van der Waals surface area contributed by atoms with Gasteiger partial charge in [0.05, 0.1) is 17.1 Å². The van der Waals surface area contributed by atoms with Crippen LogP contribution in [-0.4, -0.2) is 20.4 Å². The number of nitrogens with zero attached hydrogens (tertiary/aromatic N) is 4. The van der Waals surface area contributed by atoms with Gasteiger partial charge in [-0.1, -0.05) is 76.6 Å². The highest BCUT2D eigenvalue weighted by Gasteiger charge is 2.17. The lowest BCUT2D eigenvalue weighted by molar-refractivity contribution is 0.616. The highest BCUT2D eigenvalue weighted by atomic mass is 79.9. The molecule has 0 fully saturated rings. The fourth-order valence-corrected chi connectivity index (χ4v) is 5.30. The lowest BCUT2D eigenvalue weighted by Gasteiger charge is -2.07. The van der Waals surface area contributed by atoms with E-state index in [4.69, 9.17) is 14.5 Å². The van der Waals surface area contributed by atoms with Crippen molar-refractivity contribution in [1.29, 1.82) is 0 Å². The summed E-state index contributed by atoms with van der Waals surface area (Å²) in [5.41, 5.74) is 4.23. The second-order valence-electron chi connectivity index (χ2n) is 9.32. The van der Waals surface area contributed by atoms with Crippen LogP contribution in [0.25, 0.3) is 44.4 Å². The van der Waals surface area contributed by atoms with Crippen LogP contribution in [0, 0.1) is 0 Å². The number of rotatable bonds is 5. The first kappa shape index (κ1) is 23.4. The third-order valence-electron chi connectivity index (χ3n) is 6.78. The maximum absolute atomic E-state index is 13.7. The van der Waals surface area contributed by atoms with Crippen molar-refractivity contribution in [2.24, 2.45) is 5.10 Å². The molecule has 3 heterocycles. The number of para-hydroxylation sites is 2. The highest BCUT2D eigenvalue weighted by Crippen LogP contribution is 2.29. The van der Waals surface area contributed by atoms with Gasteiger partial charge in [-0.2, -0.15) is 9.78 Å². The molecule has 7 aromatic rings. The minimum Gasteiger partial charge on any atom is -0.453 e. The molecule has 0 N–H and O–H groups in total. The molecule has 0 aliphatic carbocycles. The van der Waals surface area contributed by atoms with Crippen LogP contribution in [0.15, 0.2) is 128 Å². The molecular formula is C32H21BrN4O2. The average Bonchev–Trinajstić information content (AvgIpc) is 3.54. The molecule has 7 rings (SSSR count). The predicted octanol–water partition coefficient (Wildman–Crippen LogP) is 7.46. The van der Waals surface area contributed by atoms with E-state index in [-0.39, 0.29) is 5.56 Å². The third kappa shape index (κ3) is 4.27. The van der Waals surface area contributed by atoms with E-state index in [1.807, 2.05) is 72.8 Å². The lowest BCUT2D eigenvalue weighted by atomic mass is 10.2. The quantitative estimate of drug-likeness (QED) is 0.201. The van der Waals surface area contributed by atoms with Gasteiger partial charge in [-0.3, -0.25) is 4.79 Å². The van der Waals surface area contributed by atoms with Crippen molar-refractivity contribution in [2.75, 3.05) is 0 Å². The number of hydrogen-bond donors (Lipinski definition) is 0. The number of hydrogen-bond acceptors (Lipinski definition) is 4. The summed E-state index contributed by atoms with van der Waals surface area (Å²) in [6.45, 7) is 0.729. The SMILES string of the molecule is O=c1c2ccccc2nc(-c2cc3cc(Br)ccc3o2)n1N=Cc1cn(Cc2ccccc2)c2ccccc12. The molecule has 0 saturated heterocycles. The Bertz CT molecular complexity index is 2090. The molecule has 0 radical (unpaired) electrons. The summed E-state index contributed by atoms with van der Waals surface area (Å²) >= 11 is 3.51. The smallest absolute Gasteiger partial charge is 0.282 e. The zero-order valence-corrected chi connectivity index (χ0v) is 22.2. The van der Waals surface area contributed by atoms with E-state index < -0.39 is 0 Å². The van der Waals surface area contributed by atoms with Crippen molar-refractivity contribution in [2.45, 2.75) is 6.54 Å². The Hall–Kier alpha value is -4.75. The molecule has 0 aliphatic rings. The molecule has 7 heteroatoms. The second kappa shape index (κ2) is 9.53. The Morgan fingerprint density at radius 2 is 1.64 bits per heavy atom. The van der Waals surface area contributed by atoms with E-state index in [1.165, 1.54) is 10.2 Å². The van der Waals surface area contributed by atoms with E-state index in [0.29, 0.717) is 28.1 Å². The first-order chi connectivity index (χ1) is 19.1. The number of fused-ring (bicyclic) bond motifs is 3. The number of furan rings is 1. The van der Waals surface area contributed by atoms with Gasteiger partial charge in [0.25, 0.3) is 5.56 Å². The fraction of sp³-hybridized carbons (Fsp3) is 0.0312. The topological polar surface area (TPSA) is 65.3 Å². The molecule has 3 aromatic heterocycles. The molecule has 0 unspecified atom stereocenters. The van der Waals surface area contributed by atoms with Gasteiger partial charge in [0.15, 0.2) is 5.76 Å². The van der Waals surface area contributed by atoms with Crippen LogP contribution in [0.3, 0.4) is 0 Å². The summed E-state index contributed by atoms with van der Waals surface area (Å²) < 4.78 is 10.6. The highest BCUT2D eigenvalue weighted by molar-refractivity contribution is 9.10. The molecule has 0 spiro atoms. The molecule has 0 atom stereocenters. The number of benzene rings is 4. The van der Waals surface area contributed by atoms with Gasteiger partial charge in [0.2, 0.25) is 5.82 Å². The predicted molar refractivity (Wildman–Crippen MR) is 159 cm³/mol. The maximum Gasteiger partial charge on any atom is 0.282 e. The molecule has 6 nitrogen and oxygen atoms in total. The van der Waals surface area contributed by atoms with Gasteiger partial charge >= 0.3 is 0 Å². The van der Waals surface area contributed by atoms with E-state index in [9.17, 15) is 4.79 Å². The van der Waals surface area contributed by atoms with Crippen LogP contribution in [-0.2, 0) is 6.54 Å². The van der Waals surface area contributed by atoms with Gasteiger partial charge in [-0.05, 0) is 48.0 Å². The third-order valence-corrected chi connectivity index (χ3v) is 7.27. The molecule has 0 aliphatic heterocycles. The summed E-state index contributed by atoms with van der Waals surface area (Å²) in [5.74, 6) is 0.810. The first-order valence-electron chi connectivity index (χ1n) is 12.5. The van der Waals surface area contributed by atoms with Crippen LogP contribution >= 0.6 is 15.9 Å². The fourth-order valence-electron chi connectivity index (χ4n) is 4.92. The Balaban J connectivity index is 1.39. The van der Waals surface area contributed by atoms with Crippen molar-refractivity contribution in [3.8, 4) is 11.6 Å². The van der Waals surface area contributed by atoms with E-state index in [1.54, 1.807) is 12.3 Å². The number of halogens is 1. The zero-order chi connectivity index (χ0) is 26.3. The summed E-state index contributed by atoms with van der Waals surface area (Å²) in [7, 11) is 0. The monoisotopic (exact) mass is 572 g/mol. The molecule has 39 heavy (non-hydrogen) atoms. The normalized spacial score (nSPS) is 11.8. The Labute approximate surface area is 231 Å². The van der Waals surface area contributed by atoms with Crippen LogP contribution in [0.2, 0.25) is 0 Å². The van der Waals surface area contributed by atoms with Crippen LogP contribution in [0.5, 0.6) is 0 Å². The van der Waals surface area contributed by atoms with Crippen LogP contribution in [0.1, 0.15) is 11.1 Å². The minimum atomic E-state index is -0.262. The van der Waals surface area contributed by atoms with Gasteiger partial charge in [-0.25, -0.2) is 4.98 Å². The Morgan fingerprint density at radius 1 is 0.872 bits per heavy atom. The van der Waals surface area contributed by atoms with E-state index >= 15 is 0 Å². The minimum absolute atomic E-state index is 0.262. The first-order valence-corrected chi connectivity index (χ1v) is 13.3. The standard InChI is InChI=1S/C32H21BrN4O2/c33-24-14-15-29-22(16-24)17-30(39-29)31-35-27-12-6-4-11-26(27)32(38)37(31)34-18-23-20-36(19-21-8-2-1-3-9-21)28-13-7-5-10-25(23)28/h1-18,20H,19H2. The maximum atomic E-state index is 13.7. The van der Waals surface area contributed by atoms with Gasteiger partial charge in [0.1, 0.15) is 5.58 Å². The Kier molecular flexibility index (Phi) is 5.71. The lowest BCUT2D eigenvalue weighted by Crippen LogP contribution is -2.20. The van der Waals surface area contributed by atoms with Crippen molar-refractivity contribution in [1.82, 2.24) is 14.2 Å². The summed E-state index contributed by atoms with van der Waals surface area (Å²) in [6.07, 6.45) is 3.80. The van der Waals surface area contributed by atoms with Gasteiger partial charge < -0.3 is 8.98 Å². The van der Waals surface area contributed by atoms with Crippen molar-refractivity contribution < 1.29 is 4.42 Å². The molecule has 188 valence electrons. The van der Waals surface area contributed by atoms with Crippen molar-refractivity contribution in [3.63, 3.8) is 0 Å². The van der Waals surface area contributed by atoms with Crippen molar-refractivity contribution >= 4 is 54.9 Å².